The highest BCUT2D eigenvalue weighted by atomic mass is 19.1. The van der Waals surface area contributed by atoms with Crippen molar-refractivity contribution in [1.29, 1.82) is 0 Å². The van der Waals surface area contributed by atoms with E-state index in [-0.39, 0.29) is 17.8 Å². The fourth-order valence-electron chi connectivity index (χ4n) is 4.35. The largest absolute Gasteiger partial charge is 0.388 e. The van der Waals surface area contributed by atoms with Crippen LogP contribution in [0.4, 0.5) is 15.9 Å². The van der Waals surface area contributed by atoms with Crippen molar-refractivity contribution in [3.63, 3.8) is 0 Å². The summed E-state index contributed by atoms with van der Waals surface area (Å²) in [4.78, 5) is 17.8. The fourth-order valence-corrected chi connectivity index (χ4v) is 4.35. The Balaban J connectivity index is 0.000000730. The maximum atomic E-state index is 14.1. The Labute approximate surface area is 180 Å². The lowest BCUT2D eigenvalue weighted by molar-refractivity contribution is -0.109. The molecule has 0 aliphatic carbocycles. The first-order valence-corrected chi connectivity index (χ1v) is 10.5. The molecule has 0 bridgehead atoms. The minimum absolute atomic E-state index is 0.214. The number of benzene rings is 1. The van der Waals surface area contributed by atoms with E-state index in [4.69, 9.17) is 9.84 Å². The molecule has 8 heteroatoms. The number of fused-ring (bicyclic) bond motifs is 2. The van der Waals surface area contributed by atoms with Crippen LogP contribution in [0.2, 0.25) is 0 Å². The average Bonchev–Trinajstić information content (AvgIpc) is 3.19. The molecule has 0 amide bonds. The van der Waals surface area contributed by atoms with E-state index in [0.29, 0.717) is 18.7 Å². The second-order valence-corrected chi connectivity index (χ2v) is 7.80. The number of halogens is 1. The topological polar surface area (TPSA) is 69.5 Å². The van der Waals surface area contributed by atoms with Gasteiger partial charge in [0.05, 0.1) is 16.9 Å². The second-order valence-electron chi connectivity index (χ2n) is 7.80. The zero-order valence-corrected chi connectivity index (χ0v) is 17.8. The lowest BCUT2D eigenvalue weighted by Crippen LogP contribution is -2.28. The lowest BCUT2D eigenvalue weighted by atomic mass is 9.91. The van der Waals surface area contributed by atoms with Crippen molar-refractivity contribution < 1.29 is 18.7 Å². The van der Waals surface area contributed by atoms with E-state index in [0.717, 1.165) is 54.6 Å². The van der Waals surface area contributed by atoms with E-state index < -0.39 is 0 Å². The van der Waals surface area contributed by atoms with Crippen molar-refractivity contribution in [2.24, 2.45) is 0 Å². The molecule has 2 aromatic heterocycles. The standard InChI is InChI=1S/C21H21FN4O2.C2H6O/c22-15-1-2-17-14(13-27)4-8-25(20(17)11-15)21-18-12-23-7-3-19(18)26(24-21)16-5-9-28-10-6-16;1-3-2/h1-3,7,11-14,16H,4-6,8-10H2;1-2H3. The van der Waals surface area contributed by atoms with E-state index in [1.807, 2.05) is 17.2 Å². The molecular formula is C23H27FN4O3. The normalized spacial score (nSPS) is 18.9. The number of hydrogen-bond donors (Lipinski definition) is 0. The van der Waals surface area contributed by atoms with Crippen molar-refractivity contribution in [3.05, 3.63) is 48.0 Å². The van der Waals surface area contributed by atoms with Gasteiger partial charge >= 0.3 is 0 Å². The van der Waals surface area contributed by atoms with Crippen LogP contribution in [0.1, 0.15) is 36.8 Å². The highest BCUT2D eigenvalue weighted by molar-refractivity contribution is 5.93. The van der Waals surface area contributed by atoms with Crippen LogP contribution in [0, 0.1) is 5.82 Å². The number of methoxy groups -OCH3 is 1. The molecule has 1 fully saturated rings. The van der Waals surface area contributed by atoms with Crippen LogP contribution >= 0.6 is 0 Å². The summed E-state index contributed by atoms with van der Waals surface area (Å²) in [6.07, 6.45) is 7.05. The van der Waals surface area contributed by atoms with Gasteiger partial charge in [-0.05, 0) is 43.0 Å². The Bertz CT molecular complexity index is 1050. The van der Waals surface area contributed by atoms with Gasteiger partial charge in [-0.25, -0.2) is 4.39 Å². The maximum Gasteiger partial charge on any atom is 0.164 e. The molecule has 1 atom stereocenters. The van der Waals surface area contributed by atoms with E-state index in [1.165, 1.54) is 12.1 Å². The summed E-state index contributed by atoms with van der Waals surface area (Å²) in [6.45, 7) is 2.06. The van der Waals surface area contributed by atoms with Gasteiger partial charge in [0.25, 0.3) is 0 Å². The Morgan fingerprint density at radius 2 is 1.97 bits per heavy atom. The number of ether oxygens (including phenoxy) is 2. The highest BCUT2D eigenvalue weighted by Gasteiger charge is 2.30. The molecule has 5 rings (SSSR count). The van der Waals surface area contributed by atoms with E-state index in [1.54, 1.807) is 26.5 Å². The molecule has 164 valence electrons. The molecule has 0 N–H and O–H groups in total. The van der Waals surface area contributed by atoms with Crippen molar-refractivity contribution in [2.75, 3.05) is 38.9 Å². The first kappa shape index (κ1) is 21.4. The zero-order chi connectivity index (χ0) is 21.8. The molecule has 31 heavy (non-hydrogen) atoms. The molecule has 0 saturated carbocycles. The summed E-state index contributed by atoms with van der Waals surface area (Å²) >= 11 is 0. The molecular weight excluding hydrogens is 399 g/mol. The predicted octanol–water partition coefficient (Wildman–Crippen LogP) is 4.01. The molecule has 1 unspecified atom stereocenters. The minimum atomic E-state index is -0.318. The smallest absolute Gasteiger partial charge is 0.164 e. The summed E-state index contributed by atoms with van der Waals surface area (Å²) in [5, 5.41) is 5.89. The number of pyridine rings is 1. The summed E-state index contributed by atoms with van der Waals surface area (Å²) in [6, 6.07) is 6.88. The predicted molar refractivity (Wildman–Crippen MR) is 116 cm³/mol. The minimum Gasteiger partial charge on any atom is -0.388 e. The van der Waals surface area contributed by atoms with Crippen molar-refractivity contribution in [1.82, 2.24) is 14.8 Å². The summed E-state index contributed by atoms with van der Waals surface area (Å²) in [5.41, 5.74) is 2.58. The molecule has 1 saturated heterocycles. The van der Waals surface area contributed by atoms with Gasteiger partial charge in [-0.15, -0.1) is 0 Å². The van der Waals surface area contributed by atoms with Crippen LogP contribution in [0.25, 0.3) is 10.9 Å². The molecule has 1 aromatic carbocycles. The van der Waals surface area contributed by atoms with Crippen molar-refractivity contribution >= 4 is 28.7 Å². The number of aldehydes is 1. The third-order valence-electron chi connectivity index (χ3n) is 5.79. The molecule has 3 aromatic rings. The van der Waals surface area contributed by atoms with Crippen LogP contribution in [0.5, 0.6) is 0 Å². The summed E-state index contributed by atoms with van der Waals surface area (Å²) < 4.78 is 25.9. The van der Waals surface area contributed by atoms with E-state index in [2.05, 4.69) is 14.4 Å². The van der Waals surface area contributed by atoms with Gasteiger partial charge in [0.15, 0.2) is 5.82 Å². The first-order chi connectivity index (χ1) is 15.2. The van der Waals surface area contributed by atoms with Gasteiger partial charge in [-0.2, -0.15) is 5.10 Å². The van der Waals surface area contributed by atoms with E-state index >= 15 is 0 Å². The summed E-state index contributed by atoms with van der Waals surface area (Å²) in [7, 11) is 3.25. The number of anilines is 2. The molecule has 0 spiro atoms. The van der Waals surface area contributed by atoms with Gasteiger partial charge in [0, 0.05) is 58.0 Å². The fraction of sp³-hybridized carbons (Fsp3) is 0.435. The SMILES string of the molecule is COC.O=CC1CCN(c2nn(C3CCOCC3)c3ccncc23)c2cc(F)ccc21. The molecule has 7 nitrogen and oxygen atoms in total. The third-order valence-corrected chi connectivity index (χ3v) is 5.79. The van der Waals surface area contributed by atoms with Gasteiger partial charge in [0.2, 0.25) is 0 Å². The number of aromatic nitrogens is 3. The zero-order valence-electron chi connectivity index (χ0n) is 17.8. The molecule has 2 aliphatic rings. The van der Waals surface area contributed by atoms with Crippen molar-refractivity contribution in [3.8, 4) is 0 Å². The van der Waals surface area contributed by atoms with Gasteiger partial charge < -0.3 is 19.2 Å². The number of carbonyl (C=O) groups is 1. The van der Waals surface area contributed by atoms with Crippen molar-refractivity contribution in [2.45, 2.75) is 31.2 Å². The van der Waals surface area contributed by atoms with Crippen LogP contribution in [-0.4, -0.2) is 55.0 Å². The third kappa shape index (κ3) is 4.18. The Morgan fingerprint density at radius 3 is 2.71 bits per heavy atom. The van der Waals surface area contributed by atoms with Crippen LogP contribution in [-0.2, 0) is 14.3 Å². The number of hydrogen-bond acceptors (Lipinski definition) is 6. The second kappa shape index (κ2) is 9.53. The molecule has 0 radical (unpaired) electrons. The van der Waals surface area contributed by atoms with Gasteiger partial charge in [-0.3, -0.25) is 9.67 Å². The Kier molecular flexibility index (Phi) is 6.58. The van der Waals surface area contributed by atoms with Crippen LogP contribution in [0.15, 0.2) is 36.7 Å². The molecule has 2 aliphatic heterocycles. The quantitative estimate of drug-likeness (QED) is 0.590. The molecule has 4 heterocycles. The number of carbonyl (C=O) groups excluding carboxylic acids is 1. The average molecular weight is 426 g/mol. The maximum absolute atomic E-state index is 14.1. The Morgan fingerprint density at radius 1 is 1.19 bits per heavy atom. The van der Waals surface area contributed by atoms with Gasteiger partial charge in [-0.1, -0.05) is 6.07 Å². The van der Waals surface area contributed by atoms with Crippen LogP contribution < -0.4 is 4.90 Å². The monoisotopic (exact) mass is 426 g/mol. The highest BCUT2D eigenvalue weighted by Crippen LogP contribution is 2.41. The van der Waals surface area contributed by atoms with Crippen LogP contribution in [0.3, 0.4) is 0 Å². The van der Waals surface area contributed by atoms with E-state index in [9.17, 15) is 9.18 Å². The lowest BCUT2D eigenvalue weighted by Gasteiger charge is -2.32. The van der Waals surface area contributed by atoms with Gasteiger partial charge in [0.1, 0.15) is 12.1 Å². The number of rotatable bonds is 3. The Hall–Kier alpha value is -2.84. The number of nitrogens with zero attached hydrogens (tertiary/aromatic N) is 4. The summed E-state index contributed by atoms with van der Waals surface area (Å²) in [5.74, 6) is 0.237. The first-order valence-electron chi connectivity index (χ1n) is 10.5.